The van der Waals surface area contributed by atoms with Gasteiger partial charge in [0.05, 0.1) is 12.3 Å². The number of carbonyl (C=O) groups excluding carboxylic acids is 1. The highest BCUT2D eigenvalue weighted by Crippen LogP contribution is 2.36. The summed E-state index contributed by atoms with van der Waals surface area (Å²) in [5.41, 5.74) is 0.0644. The Morgan fingerprint density at radius 3 is 3.00 bits per heavy atom. The van der Waals surface area contributed by atoms with E-state index in [1.807, 2.05) is 33.3 Å². The van der Waals surface area contributed by atoms with Crippen molar-refractivity contribution in [1.29, 1.82) is 0 Å². The Labute approximate surface area is 149 Å². The van der Waals surface area contributed by atoms with Crippen molar-refractivity contribution in [2.24, 2.45) is 10.4 Å². The molecule has 0 aromatic carbocycles. The molecule has 3 heterocycles. The fourth-order valence-electron chi connectivity index (χ4n) is 3.97. The van der Waals surface area contributed by atoms with Gasteiger partial charge in [0, 0.05) is 45.1 Å². The number of nitrogens with one attached hydrogen (secondary N) is 2. The Bertz CT molecular complexity index is 613. The molecular weight excluding hydrogens is 318 g/mol. The Morgan fingerprint density at radius 1 is 1.56 bits per heavy atom. The Kier molecular flexibility index (Phi) is 5.32. The van der Waals surface area contributed by atoms with E-state index in [4.69, 9.17) is 4.42 Å². The molecule has 2 N–H and O–H groups in total. The maximum atomic E-state index is 11.7. The first-order valence-electron chi connectivity index (χ1n) is 8.95. The minimum absolute atomic E-state index is 0.0644. The van der Waals surface area contributed by atoms with Crippen LogP contribution in [0.2, 0.25) is 0 Å². The number of hydrogen-bond donors (Lipinski definition) is 2. The van der Waals surface area contributed by atoms with Crippen molar-refractivity contribution < 1.29 is 9.21 Å². The molecule has 138 valence electrons. The van der Waals surface area contributed by atoms with E-state index in [1.165, 1.54) is 0 Å². The third kappa shape index (κ3) is 3.98. The van der Waals surface area contributed by atoms with Gasteiger partial charge in [0.2, 0.25) is 5.91 Å². The van der Waals surface area contributed by atoms with Gasteiger partial charge in [-0.3, -0.25) is 14.7 Å². The van der Waals surface area contributed by atoms with Crippen LogP contribution in [-0.2, 0) is 4.79 Å². The van der Waals surface area contributed by atoms with Crippen LogP contribution in [0.4, 0.5) is 0 Å². The van der Waals surface area contributed by atoms with Crippen LogP contribution in [0, 0.1) is 5.41 Å². The van der Waals surface area contributed by atoms with E-state index in [9.17, 15) is 4.79 Å². The van der Waals surface area contributed by atoms with E-state index in [2.05, 4.69) is 25.4 Å². The summed E-state index contributed by atoms with van der Waals surface area (Å²) in [6.07, 6.45) is 4.53. The van der Waals surface area contributed by atoms with Crippen LogP contribution in [0.5, 0.6) is 0 Å². The van der Waals surface area contributed by atoms with E-state index >= 15 is 0 Å². The van der Waals surface area contributed by atoms with Crippen LogP contribution in [0.3, 0.4) is 0 Å². The third-order valence-corrected chi connectivity index (χ3v) is 5.32. The van der Waals surface area contributed by atoms with E-state index in [-0.39, 0.29) is 17.4 Å². The minimum atomic E-state index is 0.0644. The zero-order valence-corrected chi connectivity index (χ0v) is 15.4. The SMILES string of the molecule is CN=C(NCC(c1ccco1)N(C)C)N1CCCC2(CNC(=O)C2)C1. The van der Waals surface area contributed by atoms with E-state index in [0.717, 1.165) is 44.2 Å². The fraction of sp³-hybridized carbons (Fsp3) is 0.667. The summed E-state index contributed by atoms with van der Waals surface area (Å²) < 4.78 is 5.58. The predicted octanol–water partition coefficient (Wildman–Crippen LogP) is 1.06. The number of hydrogen-bond acceptors (Lipinski definition) is 4. The second kappa shape index (κ2) is 7.47. The first-order chi connectivity index (χ1) is 12.0. The van der Waals surface area contributed by atoms with Gasteiger partial charge in [0.1, 0.15) is 5.76 Å². The van der Waals surface area contributed by atoms with Crippen molar-refractivity contribution in [3.8, 4) is 0 Å². The van der Waals surface area contributed by atoms with Gasteiger partial charge in [0.15, 0.2) is 5.96 Å². The highest BCUT2D eigenvalue weighted by Gasteiger charge is 2.42. The molecule has 2 unspecified atom stereocenters. The van der Waals surface area contributed by atoms with Crippen LogP contribution >= 0.6 is 0 Å². The molecule has 7 nitrogen and oxygen atoms in total. The molecule has 0 radical (unpaired) electrons. The van der Waals surface area contributed by atoms with Gasteiger partial charge in [0.25, 0.3) is 0 Å². The van der Waals surface area contributed by atoms with Crippen LogP contribution < -0.4 is 10.6 Å². The molecule has 1 aromatic rings. The topological polar surface area (TPSA) is 73.1 Å². The van der Waals surface area contributed by atoms with Gasteiger partial charge < -0.3 is 20.0 Å². The van der Waals surface area contributed by atoms with Crippen molar-refractivity contribution in [3.05, 3.63) is 24.2 Å². The molecule has 1 aromatic heterocycles. The first-order valence-corrected chi connectivity index (χ1v) is 8.95. The molecule has 0 aliphatic carbocycles. The summed E-state index contributed by atoms with van der Waals surface area (Å²) in [5.74, 6) is 2.01. The fourth-order valence-corrected chi connectivity index (χ4v) is 3.97. The molecule has 7 heteroatoms. The standard InChI is InChI=1S/C18H29N5O2/c1-19-17(20-11-14(22(2)3)15-6-4-9-25-15)23-8-5-7-18(13-23)10-16(24)21-12-18/h4,6,9,14H,5,7-8,10-13H2,1-3H3,(H,19,20)(H,21,24). The summed E-state index contributed by atoms with van der Waals surface area (Å²) >= 11 is 0. The van der Waals surface area contributed by atoms with Gasteiger partial charge in [-0.15, -0.1) is 0 Å². The van der Waals surface area contributed by atoms with Crippen molar-refractivity contribution in [2.45, 2.75) is 25.3 Å². The maximum absolute atomic E-state index is 11.7. The summed E-state index contributed by atoms with van der Waals surface area (Å²) in [6, 6.07) is 4.06. The number of rotatable bonds is 4. The van der Waals surface area contributed by atoms with Crippen molar-refractivity contribution in [3.63, 3.8) is 0 Å². The number of likely N-dealkylation sites (tertiary alicyclic amines) is 1. The second-order valence-corrected chi connectivity index (χ2v) is 7.40. The van der Waals surface area contributed by atoms with E-state index in [1.54, 1.807) is 6.26 Å². The minimum Gasteiger partial charge on any atom is -0.468 e. The number of likely N-dealkylation sites (N-methyl/N-ethyl adjacent to an activating group) is 1. The molecule has 3 rings (SSSR count). The molecular formula is C18H29N5O2. The molecule has 2 aliphatic rings. The Balaban J connectivity index is 1.63. The molecule has 2 aliphatic heterocycles. The van der Waals surface area contributed by atoms with Gasteiger partial charge in [-0.25, -0.2) is 0 Å². The van der Waals surface area contributed by atoms with E-state index in [0.29, 0.717) is 13.0 Å². The van der Waals surface area contributed by atoms with Gasteiger partial charge in [-0.1, -0.05) is 0 Å². The molecule has 0 bridgehead atoms. The molecule has 25 heavy (non-hydrogen) atoms. The van der Waals surface area contributed by atoms with E-state index < -0.39 is 0 Å². The number of nitrogens with zero attached hydrogens (tertiary/aromatic N) is 3. The average Bonchev–Trinajstić information content (AvgIpc) is 3.22. The number of amides is 1. The number of aliphatic imine (C=N–C) groups is 1. The number of furan rings is 1. The molecule has 2 atom stereocenters. The molecule has 0 saturated carbocycles. The summed E-state index contributed by atoms with van der Waals surface area (Å²) in [6.45, 7) is 3.35. The molecule has 2 saturated heterocycles. The average molecular weight is 347 g/mol. The van der Waals surface area contributed by atoms with Crippen LogP contribution in [0.1, 0.15) is 31.1 Å². The van der Waals surface area contributed by atoms with Gasteiger partial charge >= 0.3 is 0 Å². The van der Waals surface area contributed by atoms with Crippen LogP contribution in [0.25, 0.3) is 0 Å². The number of guanidine groups is 1. The zero-order chi connectivity index (χ0) is 17.9. The molecule has 1 spiro atoms. The smallest absolute Gasteiger partial charge is 0.220 e. The van der Waals surface area contributed by atoms with Crippen molar-refractivity contribution in [2.75, 3.05) is 47.3 Å². The van der Waals surface area contributed by atoms with Crippen LogP contribution in [0.15, 0.2) is 27.8 Å². The molecule has 2 fully saturated rings. The summed E-state index contributed by atoms with van der Waals surface area (Å²) in [7, 11) is 5.91. The highest BCUT2D eigenvalue weighted by molar-refractivity contribution is 5.81. The normalized spacial score (nSPS) is 25.5. The molecule has 1 amide bonds. The predicted molar refractivity (Wildman–Crippen MR) is 97.4 cm³/mol. The quantitative estimate of drug-likeness (QED) is 0.629. The largest absolute Gasteiger partial charge is 0.468 e. The lowest BCUT2D eigenvalue weighted by Gasteiger charge is -2.41. The lowest BCUT2D eigenvalue weighted by molar-refractivity contribution is -0.119. The van der Waals surface area contributed by atoms with Crippen LogP contribution in [-0.4, -0.2) is 69.0 Å². The first kappa shape index (κ1) is 17.8. The number of carbonyl (C=O) groups is 1. The Morgan fingerprint density at radius 2 is 2.40 bits per heavy atom. The summed E-state index contributed by atoms with van der Waals surface area (Å²) in [4.78, 5) is 20.6. The monoisotopic (exact) mass is 347 g/mol. The Hall–Kier alpha value is -2.02. The van der Waals surface area contributed by atoms with Gasteiger partial charge in [-0.05, 0) is 39.1 Å². The number of piperidine rings is 1. The highest BCUT2D eigenvalue weighted by atomic mass is 16.3. The third-order valence-electron chi connectivity index (χ3n) is 5.32. The zero-order valence-electron chi connectivity index (χ0n) is 15.4. The maximum Gasteiger partial charge on any atom is 0.220 e. The second-order valence-electron chi connectivity index (χ2n) is 7.40. The lowest BCUT2D eigenvalue weighted by atomic mass is 9.79. The van der Waals surface area contributed by atoms with Crippen molar-refractivity contribution in [1.82, 2.24) is 20.4 Å². The van der Waals surface area contributed by atoms with Crippen molar-refractivity contribution >= 4 is 11.9 Å². The summed E-state index contributed by atoms with van der Waals surface area (Å²) in [5, 5.41) is 6.49. The lowest BCUT2D eigenvalue weighted by Crippen LogP contribution is -2.52. The van der Waals surface area contributed by atoms with Gasteiger partial charge in [-0.2, -0.15) is 0 Å².